The number of fused-ring (bicyclic) bond motifs is 1. The molecule has 128 valence electrons. The maximum Gasteiger partial charge on any atom is 0.290 e. The van der Waals surface area contributed by atoms with Crippen LogP contribution in [0.2, 0.25) is 0 Å². The number of ether oxygens (including phenoxy) is 2. The van der Waals surface area contributed by atoms with Gasteiger partial charge in [-0.3, -0.25) is 9.20 Å². The van der Waals surface area contributed by atoms with E-state index < -0.39 is 0 Å². The lowest BCUT2D eigenvalue weighted by Crippen LogP contribution is -2.20. The molecule has 0 aliphatic carbocycles. The second-order valence-electron chi connectivity index (χ2n) is 5.29. The first kappa shape index (κ1) is 16.5. The van der Waals surface area contributed by atoms with Crippen molar-refractivity contribution in [3.05, 3.63) is 59.5 Å². The number of hydrogen-bond acceptors (Lipinski definition) is 5. The average Bonchev–Trinajstić information content (AvgIpc) is 2.97. The molecular formula is C18H18N4O3. The number of hydrogen-bond donors (Lipinski definition) is 1. The highest BCUT2D eigenvalue weighted by Gasteiger charge is 2.15. The summed E-state index contributed by atoms with van der Waals surface area (Å²) in [4.78, 5) is 16.8. The van der Waals surface area contributed by atoms with E-state index in [1.54, 1.807) is 50.1 Å². The predicted octanol–water partition coefficient (Wildman–Crippen LogP) is 2.42. The Balaban J connectivity index is 1.78. The minimum absolute atomic E-state index is 0.326. The molecule has 2 heterocycles. The van der Waals surface area contributed by atoms with E-state index in [1.165, 1.54) is 0 Å². The Morgan fingerprint density at radius 1 is 1.20 bits per heavy atom. The number of benzene rings is 1. The van der Waals surface area contributed by atoms with Crippen LogP contribution in [0.25, 0.3) is 5.65 Å². The molecule has 3 rings (SSSR count). The quantitative estimate of drug-likeness (QED) is 0.572. The number of rotatable bonds is 5. The summed E-state index contributed by atoms with van der Waals surface area (Å²) < 4.78 is 12.2. The number of methoxy groups -OCH3 is 2. The van der Waals surface area contributed by atoms with E-state index in [9.17, 15) is 4.79 Å². The van der Waals surface area contributed by atoms with Gasteiger partial charge in [0.2, 0.25) is 0 Å². The molecule has 1 amide bonds. The third-order valence-electron chi connectivity index (χ3n) is 3.71. The number of carbonyl (C=O) groups is 1. The van der Waals surface area contributed by atoms with Crippen molar-refractivity contribution < 1.29 is 14.3 Å². The fourth-order valence-electron chi connectivity index (χ4n) is 2.54. The van der Waals surface area contributed by atoms with Crippen molar-refractivity contribution in [3.8, 4) is 11.5 Å². The van der Waals surface area contributed by atoms with Crippen LogP contribution in [0.3, 0.4) is 0 Å². The molecular weight excluding hydrogens is 320 g/mol. The Bertz CT molecular complexity index is 947. The van der Waals surface area contributed by atoms with Crippen molar-refractivity contribution in [2.24, 2.45) is 5.10 Å². The summed E-state index contributed by atoms with van der Waals surface area (Å²) in [6, 6.07) is 10.9. The lowest BCUT2D eigenvalue weighted by molar-refractivity contribution is 0.0948. The van der Waals surface area contributed by atoms with Crippen LogP contribution in [0.5, 0.6) is 11.5 Å². The summed E-state index contributed by atoms with van der Waals surface area (Å²) in [6.07, 6.45) is 3.33. The molecule has 7 heteroatoms. The van der Waals surface area contributed by atoms with Gasteiger partial charge in [-0.1, -0.05) is 6.07 Å². The third kappa shape index (κ3) is 3.30. The van der Waals surface area contributed by atoms with Crippen molar-refractivity contribution in [2.75, 3.05) is 14.2 Å². The zero-order valence-electron chi connectivity index (χ0n) is 14.2. The smallest absolute Gasteiger partial charge is 0.290 e. The molecule has 7 nitrogen and oxygen atoms in total. The lowest BCUT2D eigenvalue weighted by atomic mass is 10.2. The predicted molar refractivity (Wildman–Crippen MR) is 94.5 cm³/mol. The van der Waals surface area contributed by atoms with Crippen molar-refractivity contribution in [1.29, 1.82) is 0 Å². The molecule has 0 aliphatic rings. The van der Waals surface area contributed by atoms with Crippen molar-refractivity contribution in [3.63, 3.8) is 0 Å². The van der Waals surface area contributed by atoms with Crippen LogP contribution in [-0.4, -0.2) is 35.7 Å². The van der Waals surface area contributed by atoms with Gasteiger partial charge in [-0.2, -0.15) is 5.10 Å². The van der Waals surface area contributed by atoms with Gasteiger partial charge in [0.15, 0.2) is 11.5 Å². The molecule has 0 unspecified atom stereocenters. The van der Waals surface area contributed by atoms with Gasteiger partial charge in [-0.25, -0.2) is 10.4 Å². The van der Waals surface area contributed by atoms with Crippen LogP contribution in [0.1, 0.15) is 21.7 Å². The van der Waals surface area contributed by atoms with Gasteiger partial charge in [0.25, 0.3) is 5.91 Å². The van der Waals surface area contributed by atoms with E-state index in [-0.39, 0.29) is 5.91 Å². The molecule has 3 aromatic rings. The molecule has 0 atom stereocenters. The SMILES string of the molecule is COc1ccc(/C=N\NC(=O)c2c(C)nc3ccccn23)cc1OC. The topological polar surface area (TPSA) is 77.2 Å². The highest BCUT2D eigenvalue weighted by Crippen LogP contribution is 2.26. The average molecular weight is 338 g/mol. The van der Waals surface area contributed by atoms with Crippen molar-refractivity contribution in [2.45, 2.75) is 6.92 Å². The first-order valence-corrected chi connectivity index (χ1v) is 7.63. The summed E-state index contributed by atoms with van der Waals surface area (Å²) in [5.74, 6) is 0.897. The summed E-state index contributed by atoms with van der Waals surface area (Å²) in [7, 11) is 3.14. The number of imidazole rings is 1. The van der Waals surface area contributed by atoms with Gasteiger partial charge in [-0.15, -0.1) is 0 Å². The first-order chi connectivity index (χ1) is 12.1. The molecule has 0 saturated carbocycles. The minimum atomic E-state index is -0.326. The zero-order chi connectivity index (χ0) is 17.8. The van der Waals surface area contributed by atoms with Crippen LogP contribution >= 0.6 is 0 Å². The van der Waals surface area contributed by atoms with Crippen LogP contribution in [0, 0.1) is 6.92 Å². The molecule has 0 radical (unpaired) electrons. The Morgan fingerprint density at radius 3 is 2.76 bits per heavy atom. The largest absolute Gasteiger partial charge is 0.493 e. The van der Waals surface area contributed by atoms with E-state index in [4.69, 9.17) is 9.47 Å². The normalized spacial score (nSPS) is 11.0. The second kappa shape index (κ2) is 7.04. The fourth-order valence-corrected chi connectivity index (χ4v) is 2.54. The number of pyridine rings is 1. The second-order valence-corrected chi connectivity index (χ2v) is 5.29. The van der Waals surface area contributed by atoms with Gasteiger partial charge >= 0.3 is 0 Å². The summed E-state index contributed by atoms with van der Waals surface area (Å²) in [5, 5.41) is 4.01. The summed E-state index contributed by atoms with van der Waals surface area (Å²) in [6.45, 7) is 1.79. The van der Waals surface area contributed by atoms with Crippen LogP contribution in [-0.2, 0) is 0 Å². The van der Waals surface area contributed by atoms with Crippen molar-refractivity contribution >= 4 is 17.8 Å². The van der Waals surface area contributed by atoms with Crippen LogP contribution in [0.4, 0.5) is 0 Å². The molecule has 0 spiro atoms. The monoisotopic (exact) mass is 338 g/mol. The zero-order valence-corrected chi connectivity index (χ0v) is 14.2. The Morgan fingerprint density at radius 2 is 2.00 bits per heavy atom. The van der Waals surface area contributed by atoms with E-state index in [1.807, 2.05) is 24.3 Å². The molecule has 0 fully saturated rings. The molecule has 1 aromatic carbocycles. The van der Waals surface area contributed by atoms with E-state index >= 15 is 0 Å². The number of nitrogens with one attached hydrogen (secondary N) is 1. The molecule has 0 saturated heterocycles. The van der Waals surface area contributed by atoms with Gasteiger partial charge in [0.1, 0.15) is 11.3 Å². The highest BCUT2D eigenvalue weighted by molar-refractivity contribution is 5.95. The lowest BCUT2D eigenvalue weighted by Gasteiger charge is -2.07. The Kier molecular flexibility index (Phi) is 4.65. The minimum Gasteiger partial charge on any atom is -0.493 e. The maximum atomic E-state index is 12.4. The number of aryl methyl sites for hydroxylation is 1. The molecule has 0 aliphatic heterocycles. The molecule has 1 N–H and O–H groups in total. The van der Waals surface area contributed by atoms with Crippen molar-refractivity contribution in [1.82, 2.24) is 14.8 Å². The van der Waals surface area contributed by atoms with E-state index in [0.29, 0.717) is 28.5 Å². The maximum absolute atomic E-state index is 12.4. The highest BCUT2D eigenvalue weighted by atomic mass is 16.5. The summed E-state index contributed by atoms with van der Waals surface area (Å²) in [5.41, 5.74) is 5.12. The number of hydrazone groups is 1. The molecule has 2 aromatic heterocycles. The van der Waals surface area contributed by atoms with Gasteiger partial charge in [0, 0.05) is 6.20 Å². The number of aromatic nitrogens is 2. The van der Waals surface area contributed by atoms with Gasteiger partial charge in [-0.05, 0) is 42.8 Å². The Hall–Kier alpha value is -3.35. The third-order valence-corrected chi connectivity index (χ3v) is 3.71. The standard InChI is InChI=1S/C18H18N4O3/c1-12-17(22-9-5-4-6-16(22)20-12)18(23)21-19-11-13-7-8-14(24-2)15(10-13)25-3/h4-11H,1-3H3,(H,21,23)/b19-11-. The van der Waals surface area contributed by atoms with Crippen LogP contribution in [0.15, 0.2) is 47.7 Å². The first-order valence-electron chi connectivity index (χ1n) is 7.63. The van der Waals surface area contributed by atoms with E-state index in [2.05, 4.69) is 15.5 Å². The molecule has 25 heavy (non-hydrogen) atoms. The number of amides is 1. The number of nitrogens with zero attached hydrogens (tertiary/aromatic N) is 3. The van der Waals surface area contributed by atoms with E-state index in [0.717, 1.165) is 5.56 Å². The van der Waals surface area contributed by atoms with Gasteiger partial charge in [0.05, 0.1) is 26.1 Å². The summed E-state index contributed by atoms with van der Waals surface area (Å²) >= 11 is 0. The fraction of sp³-hybridized carbons (Fsp3) is 0.167. The van der Waals surface area contributed by atoms with Crippen LogP contribution < -0.4 is 14.9 Å². The Labute approximate surface area is 144 Å². The molecule has 0 bridgehead atoms. The number of carbonyl (C=O) groups excluding carboxylic acids is 1. The van der Waals surface area contributed by atoms with Gasteiger partial charge < -0.3 is 9.47 Å².